The second-order valence-electron chi connectivity index (χ2n) is 9.27. The maximum absolute atomic E-state index is 12.8. The standard InChI is InChI=1S/C26H30N4O2/c1-17-12-13-30-16-21(28-24(30)14-17)15-27-25(31)19-6-9-20(10-7-19)29-26(32)23-11-8-18-4-2-3-5-22(18)23/h2-5,12-14,16,19-20,23H,6-11,15H2,1H3,(H,27,31)(H,29,32). The first-order valence-corrected chi connectivity index (χ1v) is 11.7. The monoisotopic (exact) mass is 430 g/mol. The number of aryl methyl sites for hydroxylation is 2. The molecule has 0 radical (unpaired) electrons. The zero-order chi connectivity index (χ0) is 22.1. The summed E-state index contributed by atoms with van der Waals surface area (Å²) >= 11 is 0. The van der Waals surface area contributed by atoms with E-state index < -0.39 is 0 Å². The van der Waals surface area contributed by atoms with Gasteiger partial charge in [-0.25, -0.2) is 4.98 Å². The van der Waals surface area contributed by atoms with Gasteiger partial charge in [-0.3, -0.25) is 9.59 Å². The maximum Gasteiger partial charge on any atom is 0.227 e. The highest BCUT2D eigenvalue weighted by atomic mass is 16.2. The van der Waals surface area contributed by atoms with Gasteiger partial charge in [0.25, 0.3) is 0 Å². The molecule has 1 aromatic carbocycles. The van der Waals surface area contributed by atoms with E-state index in [1.165, 1.54) is 16.7 Å². The number of carbonyl (C=O) groups excluding carboxylic acids is 2. The number of nitrogens with zero attached hydrogens (tertiary/aromatic N) is 2. The number of hydrogen-bond donors (Lipinski definition) is 2. The van der Waals surface area contributed by atoms with Gasteiger partial charge in [0.1, 0.15) is 5.65 Å². The van der Waals surface area contributed by atoms with E-state index in [2.05, 4.69) is 27.8 Å². The molecule has 0 saturated heterocycles. The van der Waals surface area contributed by atoms with Gasteiger partial charge in [0.15, 0.2) is 0 Å². The van der Waals surface area contributed by atoms with E-state index in [-0.39, 0.29) is 29.7 Å². The Kier molecular flexibility index (Phi) is 5.68. The van der Waals surface area contributed by atoms with E-state index in [0.717, 1.165) is 49.9 Å². The first kappa shape index (κ1) is 20.7. The normalized spacial score (nSPS) is 22.5. The fourth-order valence-electron chi connectivity index (χ4n) is 5.17. The van der Waals surface area contributed by atoms with Crippen molar-refractivity contribution in [3.8, 4) is 0 Å². The lowest BCUT2D eigenvalue weighted by atomic mass is 9.85. The average Bonchev–Trinajstić information content (AvgIpc) is 3.41. The van der Waals surface area contributed by atoms with Crippen LogP contribution < -0.4 is 10.6 Å². The third kappa shape index (κ3) is 4.27. The Hall–Kier alpha value is -3.15. The van der Waals surface area contributed by atoms with Gasteiger partial charge in [-0.1, -0.05) is 24.3 Å². The van der Waals surface area contributed by atoms with Gasteiger partial charge in [0, 0.05) is 24.4 Å². The lowest BCUT2D eigenvalue weighted by Crippen LogP contribution is -2.42. The number of hydrogen-bond acceptors (Lipinski definition) is 3. The van der Waals surface area contributed by atoms with E-state index in [1.54, 1.807) is 0 Å². The fourth-order valence-corrected chi connectivity index (χ4v) is 5.17. The second-order valence-corrected chi connectivity index (χ2v) is 9.27. The number of carbonyl (C=O) groups is 2. The Balaban J connectivity index is 1.09. The first-order chi connectivity index (χ1) is 15.6. The molecule has 2 aliphatic carbocycles. The van der Waals surface area contributed by atoms with Gasteiger partial charge in [-0.2, -0.15) is 0 Å². The molecule has 2 amide bonds. The summed E-state index contributed by atoms with van der Waals surface area (Å²) in [5.74, 6) is 0.216. The van der Waals surface area contributed by atoms with Crippen molar-refractivity contribution in [2.45, 2.75) is 64.0 Å². The lowest BCUT2D eigenvalue weighted by molar-refractivity contribution is -0.126. The smallest absolute Gasteiger partial charge is 0.227 e. The van der Waals surface area contributed by atoms with Crippen LogP contribution in [0.1, 0.15) is 60.4 Å². The highest BCUT2D eigenvalue weighted by Crippen LogP contribution is 2.33. The van der Waals surface area contributed by atoms with Crippen LogP contribution >= 0.6 is 0 Å². The van der Waals surface area contributed by atoms with Crippen molar-refractivity contribution in [2.75, 3.05) is 0 Å². The molecule has 0 bridgehead atoms. The third-order valence-electron chi connectivity index (χ3n) is 7.00. The molecule has 0 spiro atoms. The van der Waals surface area contributed by atoms with Crippen LogP contribution in [0.25, 0.3) is 5.65 Å². The number of amides is 2. The van der Waals surface area contributed by atoms with Gasteiger partial charge in [0.2, 0.25) is 11.8 Å². The topological polar surface area (TPSA) is 75.5 Å². The summed E-state index contributed by atoms with van der Waals surface area (Å²) in [5, 5.41) is 6.31. The van der Waals surface area contributed by atoms with E-state index in [9.17, 15) is 9.59 Å². The number of imidazole rings is 1. The predicted octanol–water partition coefficient (Wildman–Crippen LogP) is 3.66. The molecule has 2 aliphatic rings. The molecule has 1 unspecified atom stereocenters. The number of pyridine rings is 1. The molecule has 0 aliphatic heterocycles. The average molecular weight is 431 g/mol. The van der Waals surface area contributed by atoms with Crippen LogP contribution in [0.5, 0.6) is 0 Å². The number of nitrogens with one attached hydrogen (secondary N) is 2. The molecule has 2 aromatic heterocycles. The Morgan fingerprint density at radius 2 is 1.88 bits per heavy atom. The molecule has 6 heteroatoms. The van der Waals surface area contributed by atoms with Crippen LogP contribution in [0, 0.1) is 12.8 Å². The van der Waals surface area contributed by atoms with E-state index in [0.29, 0.717) is 6.54 Å². The van der Waals surface area contributed by atoms with Crippen molar-refractivity contribution in [3.63, 3.8) is 0 Å². The molecule has 32 heavy (non-hydrogen) atoms. The minimum atomic E-state index is -0.0264. The van der Waals surface area contributed by atoms with Crippen molar-refractivity contribution in [3.05, 3.63) is 71.2 Å². The SMILES string of the molecule is Cc1ccn2cc(CNC(=O)C3CCC(NC(=O)C4CCc5ccccc54)CC3)nc2c1. The summed E-state index contributed by atoms with van der Waals surface area (Å²) in [6, 6.07) is 12.5. The summed E-state index contributed by atoms with van der Waals surface area (Å²) in [5.41, 5.74) is 5.41. The Labute approximate surface area is 188 Å². The fraction of sp³-hybridized carbons (Fsp3) is 0.423. The Morgan fingerprint density at radius 3 is 2.72 bits per heavy atom. The van der Waals surface area contributed by atoms with Crippen LogP contribution in [-0.2, 0) is 22.6 Å². The number of rotatable bonds is 5. The summed E-state index contributed by atoms with van der Waals surface area (Å²) in [4.78, 5) is 30.1. The molecular formula is C26H30N4O2. The second kappa shape index (κ2) is 8.77. The molecule has 3 aromatic rings. The van der Waals surface area contributed by atoms with Crippen molar-refractivity contribution < 1.29 is 9.59 Å². The third-order valence-corrected chi connectivity index (χ3v) is 7.00. The minimum absolute atomic E-state index is 0.00892. The molecule has 2 heterocycles. The first-order valence-electron chi connectivity index (χ1n) is 11.7. The summed E-state index contributed by atoms with van der Waals surface area (Å²) in [6.07, 6.45) is 9.15. The van der Waals surface area contributed by atoms with E-state index in [4.69, 9.17) is 0 Å². The van der Waals surface area contributed by atoms with Gasteiger partial charge in [-0.05, 0) is 74.3 Å². The van der Waals surface area contributed by atoms with Gasteiger partial charge >= 0.3 is 0 Å². The minimum Gasteiger partial charge on any atom is -0.353 e. The zero-order valence-corrected chi connectivity index (χ0v) is 18.5. The number of aromatic nitrogens is 2. The van der Waals surface area contributed by atoms with Crippen LogP contribution in [0.3, 0.4) is 0 Å². The zero-order valence-electron chi connectivity index (χ0n) is 18.5. The molecule has 5 rings (SSSR count). The molecule has 1 fully saturated rings. The van der Waals surface area contributed by atoms with Crippen LogP contribution in [-0.4, -0.2) is 27.2 Å². The predicted molar refractivity (Wildman–Crippen MR) is 123 cm³/mol. The summed E-state index contributed by atoms with van der Waals surface area (Å²) < 4.78 is 1.98. The van der Waals surface area contributed by atoms with Crippen LogP contribution in [0.4, 0.5) is 0 Å². The molecule has 2 N–H and O–H groups in total. The van der Waals surface area contributed by atoms with Crippen molar-refractivity contribution in [2.24, 2.45) is 5.92 Å². The maximum atomic E-state index is 12.8. The van der Waals surface area contributed by atoms with Gasteiger partial charge in [0.05, 0.1) is 18.2 Å². The van der Waals surface area contributed by atoms with E-state index >= 15 is 0 Å². The van der Waals surface area contributed by atoms with Gasteiger partial charge in [-0.15, -0.1) is 0 Å². The van der Waals surface area contributed by atoms with Crippen LogP contribution in [0.2, 0.25) is 0 Å². The Morgan fingerprint density at radius 1 is 1.06 bits per heavy atom. The Bertz CT molecular complexity index is 1140. The van der Waals surface area contributed by atoms with Crippen LogP contribution in [0.15, 0.2) is 48.8 Å². The van der Waals surface area contributed by atoms with Crippen molar-refractivity contribution in [1.82, 2.24) is 20.0 Å². The quantitative estimate of drug-likeness (QED) is 0.649. The number of benzene rings is 1. The molecule has 6 nitrogen and oxygen atoms in total. The van der Waals surface area contributed by atoms with Crippen molar-refractivity contribution in [1.29, 1.82) is 0 Å². The molecule has 1 atom stereocenters. The molecule has 1 saturated carbocycles. The lowest BCUT2D eigenvalue weighted by Gasteiger charge is -2.29. The highest BCUT2D eigenvalue weighted by molar-refractivity contribution is 5.85. The largest absolute Gasteiger partial charge is 0.353 e. The highest BCUT2D eigenvalue weighted by Gasteiger charge is 2.32. The van der Waals surface area contributed by atoms with Crippen molar-refractivity contribution >= 4 is 17.5 Å². The summed E-state index contributed by atoms with van der Waals surface area (Å²) in [6.45, 7) is 2.48. The van der Waals surface area contributed by atoms with E-state index in [1.807, 2.05) is 48.0 Å². The molecule has 166 valence electrons. The number of fused-ring (bicyclic) bond motifs is 2. The van der Waals surface area contributed by atoms with Gasteiger partial charge < -0.3 is 15.0 Å². The summed E-state index contributed by atoms with van der Waals surface area (Å²) in [7, 11) is 0. The molecular weight excluding hydrogens is 400 g/mol.